The predicted octanol–water partition coefficient (Wildman–Crippen LogP) is 3.76. The molecule has 0 spiro atoms. The number of halogens is 1. The number of amides is 2. The molecule has 2 aromatic carbocycles. The number of rotatable bonds is 4. The molecule has 4 nitrogen and oxygen atoms in total. The summed E-state index contributed by atoms with van der Waals surface area (Å²) in [6, 6.07) is 11.5. The second-order valence-electron chi connectivity index (χ2n) is 6.20. The summed E-state index contributed by atoms with van der Waals surface area (Å²) in [4.78, 5) is 24.0. The van der Waals surface area contributed by atoms with Crippen molar-refractivity contribution in [1.82, 2.24) is 0 Å². The molecular weight excluding hydrogens is 307 g/mol. The molecule has 0 aromatic heterocycles. The van der Waals surface area contributed by atoms with Crippen molar-refractivity contribution in [2.45, 2.75) is 32.1 Å². The van der Waals surface area contributed by atoms with Crippen LogP contribution in [0.1, 0.15) is 30.9 Å². The maximum absolute atomic E-state index is 13.1. The van der Waals surface area contributed by atoms with Crippen molar-refractivity contribution in [1.29, 1.82) is 0 Å². The van der Waals surface area contributed by atoms with E-state index in [1.165, 1.54) is 19.1 Å². The average molecular weight is 326 g/mol. The van der Waals surface area contributed by atoms with E-state index in [4.69, 9.17) is 0 Å². The quantitative estimate of drug-likeness (QED) is 0.899. The molecule has 2 amide bonds. The number of carbonyl (C=O) groups is 2. The van der Waals surface area contributed by atoms with Crippen LogP contribution in [-0.4, -0.2) is 11.8 Å². The lowest BCUT2D eigenvalue weighted by Crippen LogP contribution is -2.28. The van der Waals surface area contributed by atoms with Gasteiger partial charge in [-0.05, 0) is 55.2 Å². The summed E-state index contributed by atoms with van der Waals surface area (Å²) in [6.45, 7) is 3.29. The predicted molar refractivity (Wildman–Crippen MR) is 91.4 cm³/mol. The molecule has 0 aliphatic heterocycles. The largest absolute Gasteiger partial charge is 0.326 e. The van der Waals surface area contributed by atoms with E-state index in [-0.39, 0.29) is 17.6 Å². The van der Waals surface area contributed by atoms with Gasteiger partial charge in [-0.2, -0.15) is 0 Å². The summed E-state index contributed by atoms with van der Waals surface area (Å²) in [7, 11) is 0. The summed E-state index contributed by atoms with van der Waals surface area (Å²) < 4.78 is 13.1. The molecule has 0 saturated heterocycles. The van der Waals surface area contributed by atoms with E-state index in [2.05, 4.69) is 10.6 Å². The van der Waals surface area contributed by atoms with Gasteiger partial charge in [0.2, 0.25) is 11.8 Å². The fraction of sp³-hybridized carbons (Fsp3) is 0.263. The molecule has 3 rings (SSSR count). The molecule has 0 unspecified atom stereocenters. The second-order valence-corrected chi connectivity index (χ2v) is 6.20. The molecule has 2 aromatic rings. The molecule has 1 aliphatic carbocycles. The lowest BCUT2D eigenvalue weighted by molar-refractivity contribution is -0.118. The average Bonchev–Trinajstić information content (AvgIpc) is 3.33. The van der Waals surface area contributed by atoms with Gasteiger partial charge in [-0.25, -0.2) is 4.39 Å². The van der Waals surface area contributed by atoms with Gasteiger partial charge in [0.1, 0.15) is 5.82 Å². The highest BCUT2D eigenvalue weighted by Gasteiger charge is 2.51. The third-order valence-corrected chi connectivity index (χ3v) is 4.47. The van der Waals surface area contributed by atoms with Crippen molar-refractivity contribution < 1.29 is 14.0 Å². The summed E-state index contributed by atoms with van der Waals surface area (Å²) in [6.07, 6.45) is 1.49. The minimum absolute atomic E-state index is 0.0998. The molecule has 24 heavy (non-hydrogen) atoms. The van der Waals surface area contributed by atoms with E-state index in [1.807, 2.05) is 6.92 Å². The highest BCUT2D eigenvalue weighted by Crippen LogP contribution is 2.49. The van der Waals surface area contributed by atoms with E-state index >= 15 is 0 Å². The molecule has 0 bridgehead atoms. The van der Waals surface area contributed by atoms with Crippen LogP contribution >= 0.6 is 0 Å². The van der Waals surface area contributed by atoms with Crippen molar-refractivity contribution >= 4 is 23.2 Å². The van der Waals surface area contributed by atoms with Crippen LogP contribution in [-0.2, 0) is 15.0 Å². The summed E-state index contributed by atoms with van der Waals surface area (Å²) in [5, 5.41) is 5.70. The molecule has 0 radical (unpaired) electrons. The minimum atomic E-state index is -0.579. The van der Waals surface area contributed by atoms with Crippen molar-refractivity contribution in [2.75, 3.05) is 10.6 Å². The van der Waals surface area contributed by atoms with Crippen LogP contribution in [0.15, 0.2) is 42.5 Å². The van der Waals surface area contributed by atoms with Crippen LogP contribution in [0.25, 0.3) is 0 Å². The topological polar surface area (TPSA) is 58.2 Å². The first-order valence-electron chi connectivity index (χ1n) is 7.87. The Balaban J connectivity index is 1.83. The van der Waals surface area contributed by atoms with Crippen molar-refractivity contribution in [3.05, 3.63) is 59.4 Å². The normalized spacial score (nSPS) is 14.8. The van der Waals surface area contributed by atoms with Crippen LogP contribution in [0.3, 0.4) is 0 Å². The van der Waals surface area contributed by atoms with E-state index in [9.17, 15) is 14.0 Å². The number of nitrogens with one attached hydrogen (secondary N) is 2. The van der Waals surface area contributed by atoms with Gasteiger partial charge in [0, 0.05) is 18.3 Å². The van der Waals surface area contributed by atoms with Gasteiger partial charge in [0.05, 0.1) is 5.41 Å². The Labute approximate surface area is 140 Å². The van der Waals surface area contributed by atoms with Gasteiger partial charge in [-0.1, -0.05) is 18.2 Å². The first-order valence-corrected chi connectivity index (χ1v) is 7.87. The third kappa shape index (κ3) is 3.02. The van der Waals surface area contributed by atoms with Crippen molar-refractivity contribution in [3.8, 4) is 0 Å². The maximum Gasteiger partial charge on any atom is 0.235 e. The molecular formula is C19H19FN2O2. The third-order valence-electron chi connectivity index (χ3n) is 4.47. The first-order chi connectivity index (χ1) is 11.4. The van der Waals surface area contributed by atoms with Crippen LogP contribution in [0.4, 0.5) is 15.8 Å². The van der Waals surface area contributed by atoms with Crippen LogP contribution in [0, 0.1) is 12.7 Å². The van der Waals surface area contributed by atoms with Gasteiger partial charge < -0.3 is 10.6 Å². The zero-order valence-electron chi connectivity index (χ0n) is 13.7. The molecule has 2 N–H and O–H groups in total. The minimum Gasteiger partial charge on any atom is -0.326 e. The maximum atomic E-state index is 13.1. The van der Waals surface area contributed by atoms with Gasteiger partial charge in [0.15, 0.2) is 0 Å². The fourth-order valence-corrected chi connectivity index (χ4v) is 2.88. The number of anilines is 2. The summed E-state index contributed by atoms with van der Waals surface area (Å²) in [5.41, 5.74) is 2.39. The number of benzene rings is 2. The molecule has 1 fully saturated rings. The van der Waals surface area contributed by atoms with Crippen molar-refractivity contribution in [3.63, 3.8) is 0 Å². The van der Waals surface area contributed by atoms with Gasteiger partial charge in [-0.15, -0.1) is 0 Å². The summed E-state index contributed by atoms with van der Waals surface area (Å²) in [5.74, 6) is -0.572. The SMILES string of the molecule is CC(=O)Nc1cccc(NC(=O)C2(c3ccc(F)cc3)CC2)c1C. The zero-order valence-corrected chi connectivity index (χ0v) is 13.7. The number of hydrogen-bond donors (Lipinski definition) is 2. The molecule has 1 aliphatic rings. The Morgan fingerprint density at radius 2 is 1.58 bits per heavy atom. The molecule has 0 atom stereocenters. The molecule has 0 heterocycles. The van der Waals surface area contributed by atoms with E-state index in [0.717, 1.165) is 24.0 Å². The Morgan fingerprint density at radius 3 is 2.12 bits per heavy atom. The second kappa shape index (κ2) is 6.07. The monoisotopic (exact) mass is 326 g/mol. The molecule has 124 valence electrons. The van der Waals surface area contributed by atoms with E-state index in [0.29, 0.717) is 11.4 Å². The molecule has 1 saturated carbocycles. The highest BCUT2D eigenvalue weighted by molar-refractivity contribution is 6.02. The Bertz CT molecular complexity index is 796. The fourth-order valence-electron chi connectivity index (χ4n) is 2.88. The van der Waals surface area contributed by atoms with Crippen LogP contribution in [0.2, 0.25) is 0 Å². The standard InChI is InChI=1S/C19H19FN2O2/c1-12-16(21-13(2)23)4-3-5-17(12)22-18(24)19(10-11-19)14-6-8-15(20)9-7-14/h3-9H,10-11H2,1-2H3,(H,21,23)(H,22,24). The first kappa shape index (κ1) is 16.2. The summed E-state index contributed by atoms with van der Waals surface area (Å²) >= 11 is 0. The van der Waals surface area contributed by atoms with Crippen molar-refractivity contribution in [2.24, 2.45) is 0 Å². The lowest BCUT2D eigenvalue weighted by Gasteiger charge is -2.18. The van der Waals surface area contributed by atoms with Crippen LogP contribution in [0.5, 0.6) is 0 Å². The highest BCUT2D eigenvalue weighted by atomic mass is 19.1. The van der Waals surface area contributed by atoms with Gasteiger partial charge >= 0.3 is 0 Å². The van der Waals surface area contributed by atoms with E-state index in [1.54, 1.807) is 30.3 Å². The Morgan fingerprint density at radius 1 is 1.00 bits per heavy atom. The van der Waals surface area contributed by atoms with Gasteiger partial charge in [0.25, 0.3) is 0 Å². The number of hydrogen-bond acceptors (Lipinski definition) is 2. The molecule has 5 heteroatoms. The number of carbonyl (C=O) groups excluding carboxylic acids is 2. The van der Waals surface area contributed by atoms with E-state index < -0.39 is 5.41 Å². The Hall–Kier alpha value is -2.69. The zero-order chi connectivity index (χ0) is 17.3. The van der Waals surface area contributed by atoms with Crippen LogP contribution < -0.4 is 10.6 Å². The Kier molecular flexibility index (Phi) is 4.09. The van der Waals surface area contributed by atoms with Gasteiger partial charge in [-0.3, -0.25) is 9.59 Å². The lowest BCUT2D eigenvalue weighted by atomic mass is 9.94. The smallest absolute Gasteiger partial charge is 0.235 e.